The zero-order chi connectivity index (χ0) is 6.16. The molecule has 0 aromatic heterocycles. The summed E-state index contributed by atoms with van der Waals surface area (Å²) in [6.45, 7) is 2.91. The Kier molecular flexibility index (Phi) is 2.34. The van der Waals surface area contributed by atoms with Crippen LogP contribution in [0.3, 0.4) is 0 Å². The van der Waals surface area contributed by atoms with Crippen LogP contribution in [0.25, 0.3) is 0 Å². The minimum atomic E-state index is 0. The Labute approximate surface area is 67.0 Å². The van der Waals surface area contributed by atoms with Gasteiger partial charge in [-0.05, 0) is 13.0 Å². The Morgan fingerprint density at radius 3 is 2.90 bits per heavy atom. The highest BCUT2D eigenvalue weighted by molar-refractivity contribution is 5.85. The summed E-state index contributed by atoms with van der Waals surface area (Å²) in [5.41, 5.74) is 0.0972. The van der Waals surface area contributed by atoms with E-state index in [9.17, 15) is 0 Å². The molecule has 10 heavy (non-hydrogen) atoms. The van der Waals surface area contributed by atoms with Crippen molar-refractivity contribution in [3.63, 3.8) is 0 Å². The second-order valence-electron chi connectivity index (χ2n) is 2.70. The largest absolute Gasteiger partial charge is 0.365 e. The van der Waals surface area contributed by atoms with Gasteiger partial charge in [-0.1, -0.05) is 12.2 Å². The summed E-state index contributed by atoms with van der Waals surface area (Å²) in [7, 11) is 0. The van der Waals surface area contributed by atoms with Crippen molar-refractivity contribution in [3.05, 3.63) is 12.2 Å². The van der Waals surface area contributed by atoms with Crippen LogP contribution in [-0.2, 0) is 4.74 Å². The molecular formula is C7H12ClNO. The fraction of sp³-hybridized carbons (Fsp3) is 0.714. The molecular weight excluding hydrogens is 150 g/mol. The first-order valence-corrected chi connectivity index (χ1v) is 3.44. The van der Waals surface area contributed by atoms with Gasteiger partial charge in [0, 0.05) is 6.54 Å². The zero-order valence-corrected chi connectivity index (χ0v) is 6.62. The van der Waals surface area contributed by atoms with E-state index in [4.69, 9.17) is 4.74 Å². The van der Waals surface area contributed by atoms with Gasteiger partial charge in [0.2, 0.25) is 0 Å². The first kappa shape index (κ1) is 8.05. The second-order valence-corrected chi connectivity index (χ2v) is 2.70. The molecule has 2 aliphatic heterocycles. The van der Waals surface area contributed by atoms with Crippen LogP contribution < -0.4 is 5.32 Å². The quantitative estimate of drug-likeness (QED) is 0.529. The fourth-order valence-electron chi connectivity index (χ4n) is 1.48. The molecule has 1 unspecified atom stereocenters. The summed E-state index contributed by atoms with van der Waals surface area (Å²) in [5.74, 6) is 0. The van der Waals surface area contributed by atoms with Gasteiger partial charge in [0.05, 0.1) is 6.61 Å². The molecule has 0 aromatic rings. The summed E-state index contributed by atoms with van der Waals surface area (Å²) in [6.07, 6.45) is 5.43. The van der Waals surface area contributed by atoms with Crippen LogP contribution in [-0.4, -0.2) is 25.3 Å². The van der Waals surface area contributed by atoms with Crippen LogP contribution in [0.2, 0.25) is 0 Å². The van der Waals surface area contributed by atoms with Gasteiger partial charge in [-0.25, -0.2) is 0 Å². The van der Waals surface area contributed by atoms with Crippen molar-refractivity contribution >= 4 is 12.4 Å². The minimum absolute atomic E-state index is 0. The second kappa shape index (κ2) is 2.91. The molecule has 0 aromatic carbocycles. The lowest BCUT2D eigenvalue weighted by molar-refractivity contribution is 0.0430. The summed E-state index contributed by atoms with van der Waals surface area (Å²) < 4.78 is 5.53. The molecule has 0 bridgehead atoms. The molecule has 1 saturated heterocycles. The van der Waals surface area contributed by atoms with E-state index >= 15 is 0 Å². The van der Waals surface area contributed by atoms with Gasteiger partial charge in [-0.15, -0.1) is 12.4 Å². The third kappa shape index (κ3) is 1.19. The molecule has 58 valence electrons. The Hall–Kier alpha value is -0.0500. The lowest BCUT2D eigenvalue weighted by Crippen LogP contribution is -2.29. The fourth-order valence-corrected chi connectivity index (χ4v) is 1.48. The molecule has 2 nitrogen and oxygen atoms in total. The maximum Gasteiger partial charge on any atom is 0.100 e. The van der Waals surface area contributed by atoms with Crippen LogP contribution in [0, 0.1) is 0 Å². The maximum absolute atomic E-state index is 5.53. The highest BCUT2D eigenvalue weighted by Crippen LogP contribution is 2.24. The molecule has 1 atom stereocenters. The van der Waals surface area contributed by atoms with Crippen LogP contribution in [0.1, 0.15) is 6.42 Å². The molecule has 0 aliphatic carbocycles. The predicted molar refractivity (Wildman–Crippen MR) is 42.6 cm³/mol. The topological polar surface area (TPSA) is 21.3 Å². The Bertz CT molecular complexity index is 141. The summed E-state index contributed by atoms with van der Waals surface area (Å²) >= 11 is 0. The number of ether oxygens (including phenoxy) is 1. The van der Waals surface area contributed by atoms with E-state index in [1.807, 2.05) is 0 Å². The lowest BCUT2D eigenvalue weighted by Gasteiger charge is -2.18. The number of hydrogen-bond acceptors (Lipinski definition) is 2. The molecule has 2 rings (SSSR count). The standard InChI is InChI=1S/C7H11NO.ClH/c1-2-7(9-5-1)3-4-8-6-7;/h1-2,8H,3-6H2;1H. The van der Waals surface area contributed by atoms with E-state index in [0.717, 1.165) is 26.1 Å². The molecule has 2 heterocycles. The van der Waals surface area contributed by atoms with Crippen molar-refractivity contribution in [3.8, 4) is 0 Å². The van der Waals surface area contributed by atoms with Crippen molar-refractivity contribution in [2.75, 3.05) is 19.7 Å². The van der Waals surface area contributed by atoms with Crippen molar-refractivity contribution in [1.29, 1.82) is 0 Å². The normalized spacial score (nSPS) is 36.8. The van der Waals surface area contributed by atoms with Crippen molar-refractivity contribution < 1.29 is 4.74 Å². The lowest BCUT2D eigenvalue weighted by atomic mass is 10.0. The summed E-state index contributed by atoms with van der Waals surface area (Å²) in [5, 5.41) is 3.28. The van der Waals surface area contributed by atoms with Gasteiger partial charge in [0.25, 0.3) is 0 Å². The molecule has 0 amide bonds. The number of halogens is 1. The van der Waals surface area contributed by atoms with Gasteiger partial charge in [-0.2, -0.15) is 0 Å². The van der Waals surface area contributed by atoms with E-state index < -0.39 is 0 Å². The van der Waals surface area contributed by atoms with Gasteiger partial charge < -0.3 is 10.1 Å². The third-order valence-electron chi connectivity index (χ3n) is 2.04. The number of nitrogens with one attached hydrogen (secondary N) is 1. The van der Waals surface area contributed by atoms with Gasteiger partial charge in [0.15, 0.2) is 0 Å². The molecule has 1 spiro atoms. The Morgan fingerprint density at radius 1 is 1.50 bits per heavy atom. The van der Waals surface area contributed by atoms with Crippen LogP contribution >= 0.6 is 12.4 Å². The minimum Gasteiger partial charge on any atom is -0.365 e. The average Bonchev–Trinajstić information content (AvgIpc) is 2.45. The molecule has 0 radical (unpaired) electrons. The maximum atomic E-state index is 5.53. The Morgan fingerprint density at radius 2 is 2.40 bits per heavy atom. The monoisotopic (exact) mass is 161 g/mol. The SMILES string of the molecule is C1=CC2(CCNC2)OC1.Cl. The summed E-state index contributed by atoms with van der Waals surface area (Å²) in [6, 6.07) is 0. The predicted octanol–water partition coefficient (Wildman–Crippen LogP) is 0.727. The zero-order valence-electron chi connectivity index (χ0n) is 5.80. The highest BCUT2D eigenvalue weighted by Gasteiger charge is 2.33. The van der Waals surface area contributed by atoms with E-state index in [1.165, 1.54) is 0 Å². The third-order valence-corrected chi connectivity index (χ3v) is 2.04. The van der Waals surface area contributed by atoms with Crippen molar-refractivity contribution in [1.82, 2.24) is 5.32 Å². The van der Waals surface area contributed by atoms with E-state index in [-0.39, 0.29) is 18.0 Å². The number of hydrogen-bond donors (Lipinski definition) is 1. The van der Waals surface area contributed by atoms with Gasteiger partial charge in [0.1, 0.15) is 5.60 Å². The van der Waals surface area contributed by atoms with Crippen LogP contribution in [0.15, 0.2) is 12.2 Å². The van der Waals surface area contributed by atoms with Crippen LogP contribution in [0.4, 0.5) is 0 Å². The van der Waals surface area contributed by atoms with Gasteiger partial charge in [-0.3, -0.25) is 0 Å². The molecule has 1 fully saturated rings. The molecule has 1 N–H and O–H groups in total. The van der Waals surface area contributed by atoms with Crippen molar-refractivity contribution in [2.45, 2.75) is 12.0 Å². The summed E-state index contributed by atoms with van der Waals surface area (Å²) in [4.78, 5) is 0. The smallest absolute Gasteiger partial charge is 0.100 e. The average molecular weight is 162 g/mol. The molecule has 0 saturated carbocycles. The van der Waals surface area contributed by atoms with Crippen LogP contribution in [0.5, 0.6) is 0 Å². The molecule has 3 heteroatoms. The van der Waals surface area contributed by atoms with E-state index in [0.29, 0.717) is 0 Å². The first-order valence-electron chi connectivity index (χ1n) is 3.44. The van der Waals surface area contributed by atoms with E-state index in [1.54, 1.807) is 0 Å². The van der Waals surface area contributed by atoms with Crippen molar-refractivity contribution in [2.24, 2.45) is 0 Å². The Balaban J connectivity index is 0.000000500. The highest BCUT2D eigenvalue weighted by atomic mass is 35.5. The van der Waals surface area contributed by atoms with E-state index in [2.05, 4.69) is 17.5 Å². The van der Waals surface area contributed by atoms with Gasteiger partial charge >= 0.3 is 0 Å². The first-order chi connectivity index (χ1) is 4.41. The molecule has 2 aliphatic rings. The number of rotatable bonds is 0.